The Labute approximate surface area is 123 Å². The molecule has 0 aliphatic carbocycles. The van der Waals surface area contributed by atoms with Crippen molar-refractivity contribution in [2.24, 2.45) is 0 Å². The third-order valence-corrected chi connectivity index (χ3v) is 2.89. The van der Waals surface area contributed by atoms with Crippen LogP contribution in [0.15, 0.2) is 24.3 Å². The monoisotopic (exact) mass is 293 g/mol. The van der Waals surface area contributed by atoms with E-state index in [4.69, 9.17) is 10.2 Å². The lowest BCUT2D eigenvalue weighted by Crippen LogP contribution is -2.30. The molecule has 0 fully saturated rings. The summed E-state index contributed by atoms with van der Waals surface area (Å²) in [4.78, 5) is 35.8. The predicted molar refractivity (Wildman–Crippen MR) is 75.9 cm³/mol. The predicted octanol–water partition coefficient (Wildman–Crippen LogP) is 0.623. The van der Waals surface area contributed by atoms with Gasteiger partial charge in [-0.3, -0.25) is 14.5 Å². The number of hydrogen-bond donors (Lipinski definition) is 2. The van der Waals surface area contributed by atoms with Crippen molar-refractivity contribution in [1.29, 1.82) is 0 Å². The maximum absolute atomic E-state index is 11.9. The van der Waals surface area contributed by atoms with E-state index in [0.29, 0.717) is 30.5 Å². The molecule has 2 amide bonds. The van der Waals surface area contributed by atoms with Crippen molar-refractivity contribution in [3.05, 3.63) is 35.4 Å². The van der Waals surface area contributed by atoms with Gasteiger partial charge in [-0.2, -0.15) is 0 Å². The molecule has 6 heteroatoms. The fourth-order valence-electron chi connectivity index (χ4n) is 1.93. The number of amides is 2. The highest BCUT2D eigenvalue weighted by molar-refractivity contribution is 6.21. The molecule has 1 aliphatic heterocycles. The van der Waals surface area contributed by atoms with Gasteiger partial charge in [0.2, 0.25) is 0 Å². The molecule has 2 N–H and O–H groups in total. The zero-order valence-electron chi connectivity index (χ0n) is 11.9. The fourth-order valence-corrected chi connectivity index (χ4v) is 1.93. The van der Waals surface area contributed by atoms with Crippen LogP contribution in [0.4, 0.5) is 0 Å². The lowest BCUT2D eigenvalue weighted by molar-refractivity contribution is -0.117. The van der Waals surface area contributed by atoms with Crippen LogP contribution in [-0.4, -0.2) is 52.5 Å². The van der Waals surface area contributed by atoms with Crippen LogP contribution in [0, 0.1) is 0 Å². The number of imide groups is 1. The third kappa shape index (κ3) is 4.47. The third-order valence-electron chi connectivity index (χ3n) is 2.89. The van der Waals surface area contributed by atoms with Gasteiger partial charge in [0, 0.05) is 13.0 Å². The molecular formula is C15H19NO5. The second-order valence-corrected chi connectivity index (χ2v) is 4.56. The first kappa shape index (κ1) is 17.0. The van der Waals surface area contributed by atoms with Crippen molar-refractivity contribution in [2.75, 3.05) is 19.8 Å². The summed E-state index contributed by atoms with van der Waals surface area (Å²) in [5.74, 6) is -0.440. The molecule has 0 saturated heterocycles. The van der Waals surface area contributed by atoms with E-state index < -0.39 is 0 Å². The van der Waals surface area contributed by atoms with Crippen LogP contribution >= 0.6 is 0 Å². The SMILES string of the molecule is CC(=O)CCCN1C(=O)c2ccccc2C1=O.OCCO. The molecule has 0 radical (unpaired) electrons. The van der Waals surface area contributed by atoms with E-state index in [1.807, 2.05) is 0 Å². The van der Waals surface area contributed by atoms with Crippen molar-refractivity contribution in [2.45, 2.75) is 19.8 Å². The van der Waals surface area contributed by atoms with Crippen molar-refractivity contribution in [3.63, 3.8) is 0 Å². The number of ketones is 1. The topological polar surface area (TPSA) is 94.9 Å². The molecule has 0 aromatic heterocycles. The van der Waals surface area contributed by atoms with Gasteiger partial charge in [-0.15, -0.1) is 0 Å². The summed E-state index contributed by atoms with van der Waals surface area (Å²) in [7, 11) is 0. The molecule has 114 valence electrons. The van der Waals surface area contributed by atoms with Crippen molar-refractivity contribution in [1.82, 2.24) is 4.90 Å². The molecule has 2 rings (SSSR count). The Bertz CT molecular complexity index is 490. The molecule has 0 spiro atoms. The van der Waals surface area contributed by atoms with Crippen molar-refractivity contribution in [3.8, 4) is 0 Å². The minimum absolute atomic E-state index is 0.0709. The Morgan fingerprint density at radius 3 is 1.90 bits per heavy atom. The number of Topliss-reactive ketones (excluding diaryl/α,β-unsaturated/α-hetero) is 1. The number of carbonyl (C=O) groups excluding carboxylic acids is 3. The van der Waals surface area contributed by atoms with Gasteiger partial charge in [0.05, 0.1) is 24.3 Å². The molecule has 0 saturated carbocycles. The molecule has 1 aromatic carbocycles. The Hall–Kier alpha value is -2.05. The largest absolute Gasteiger partial charge is 0.394 e. The number of fused-ring (bicyclic) bond motifs is 1. The highest BCUT2D eigenvalue weighted by Crippen LogP contribution is 2.22. The first-order chi connectivity index (χ1) is 10.0. The summed E-state index contributed by atoms with van der Waals surface area (Å²) in [5, 5.41) is 15.2. The first-order valence-electron chi connectivity index (χ1n) is 6.69. The van der Waals surface area contributed by atoms with Crippen LogP contribution < -0.4 is 0 Å². The number of nitrogens with zero attached hydrogens (tertiary/aromatic N) is 1. The van der Waals surface area contributed by atoms with Crippen LogP contribution in [0.25, 0.3) is 0 Å². The molecule has 1 heterocycles. The number of benzene rings is 1. The van der Waals surface area contributed by atoms with E-state index >= 15 is 0 Å². The number of hydrogen-bond acceptors (Lipinski definition) is 5. The Morgan fingerprint density at radius 1 is 1.05 bits per heavy atom. The normalized spacial score (nSPS) is 12.8. The lowest BCUT2D eigenvalue weighted by atomic mass is 10.1. The molecule has 21 heavy (non-hydrogen) atoms. The second-order valence-electron chi connectivity index (χ2n) is 4.56. The van der Waals surface area contributed by atoms with Gasteiger partial charge in [0.1, 0.15) is 5.78 Å². The standard InChI is InChI=1S/C13H13NO3.C2H6O2/c1-9(15)5-4-8-14-12(16)10-6-2-3-7-11(10)13(14)17;3-1-2-4/h2-3,6-7H,4-5,8H2,1H3;3-4H,1-2H2. The summed E-state index contributed by atoms with van der Waals surface area (Å²) >= 11 is 0. The molecule has 1 aliphatic rings. The van der Waals surface area contributed by atoms with E-state index in [1.165, 1.54) is 11.8 Å². The van der Waals surface area contributed by atoms with Gasteiger partial charge in [0.15, 0.2) is 0 Å². The van der Waals surface area contributed by atoms with Gasteiger partial charge < -0.3 is 15.0 Å². The van der Waals surface area contributed by atoms with E-state index in [2.05, 4.69) is 0 Å². The van der Waals surface area contributed by atoms with E-state index in [1.54, 1.807) is 24.3 Å². The fraction of sp³-hybridized carbons (Fsp3) is 0.400. The maximum atomic E-state index is 11.9. The number of aliphatic hydroxyl groups excluding tert-OH is 2. The van der Waals surface area contributed by atoms with Crippen LogP contribution in [0.1, 0.15) is 40.5 Å². The van der Waals surface area contributed by atoms with Gasteiger partial charge in [-0.25, -0.2) is 0 Å². The number of aliphatic hydroxyl groups is 2. The van der Waals surface area contributed by atoms with Gasteiger partial charge >= 0.3 is 0 Å². The average molecular weight is 293 g/mol. The van der Waals surface area contributed by atoms with Crippen LogP contribution in [0.3, 0.4) is 0 Å². The average Bonchev–Trinajstić information content (AvgIpc) is 2.73. The summed E-state index contributed by atoms with van der Waals surface area (Å²) in [6, 6.07) is 6.78. The molecule has 6 nitrogen and oxygen atoms in total. The van der Waals surface area contributed by atoms with E-state index in [9.17, 15) is 14.4 Å². The molecule has 0 atom stereocenters. The van der Waals surface area contributed by atoms with Gasteiger partial charge in [-0.1, -0.05) is 12.1 Å². The Kier molecular flexibility index (Phi) is 6.71. The lowest BCUT2D eigenvalue weighted by Gasteiger charge is -2.12. The quantitative estimate of drug-likeness (QED) is 0.776. The Balaban J connectivity index is 0.000000491. The van der Waals surface area contributed by atoms with Crippen LogP contribution in [0.5, 0.6) is 0 Å². The number of rotatable bonds is 5. The van der Waals surface area contributed by atoms with Crippen molar-refractivity contribution >= 4 is 17.6 Å². The molecule has 1 aromatic rings. The van der Waals surface area contributed by atoms with Crippen LogP contribution in [0.2, 0.25) is 0 Å². The van der Waals surface area contributed by atoms with Gasteiger partial charge in [0.25, 0.3) is 11.8 Å². The van der Waals surface area contributed by atoms with E-state index in [-0.39, 0.29) is 30.8 Å². The summed E-state index contributed by atoms with van der Waals surface area (Å²) in [5.41, 5.74) is 0.917. The van der Waals surface area contributed by atoms with Gasteiger partial charge in [-0.05, 0) is 25.5 Å². The Morgan fingerprint density at radius 2 is 1.52 bits per heavy atom. The summed E-state index contributed by atoms with van der Waals surface area (Å²) in [6.45, 7) is 1.56. The number of carbonyl (C=O) groups is 3. The summed E-state index contributed by atoms with van der Waals surface area (Å²) < 4.78 is 0. The minimum Gasteiger partial charge on any atom is -0.394 e. The van der Waals surface area contributed by atoms with E-state index in [0.717, 1.165) is 0 Å². The molecule has 0 unspecified atom stereocenters. The highest BCUT2D eigenvalue weighted by Gasteiger charge is 2.34. The first-order valence-corrected chi connectivity index (χ1v) is 6.69. The van der Waals surface area contributed by atoms with Crippen LogP contribution in [-0.2, 0) is 4.79 Å². The summed E-state index contributed by atoms with van der Waals surface area (Å²) in [6.07, 6.45) is 0.925. The van der Waals surface area contributed by atoms with Crippen molar-refractivity contribution < 1.29 is 24.6 Å². The second kappa shape index (κ2) is 8.28. The zero-order valence-corrected chi connectivity index (χ0v) is 11.9. The maximum Gasteiger partial charge on any atom is 0.261 e. The zero-order chi connectivity index (χ0) is 15.8. The minimum atomic E-state index is -0.255. The smallest absolute Gasteiger partial charge is 0.261 e. The molecule has 0 bridgehead atoms. The molecular weight excluding hydrogens is 274 g/mol. The highest BCUT2D eigenvalue weighted by atomic mass is 16.3.